The Balaban J connectivity index is 1.39. The molecule has 0 spiro atoms. The van der Waals surface area contributed by atoms with Crippen molar-refractivity contribution in [2.75, 3.05) is 64.1 Å². The average Bonchev–Trinajstić information content (AvgIpc) is 3.34. The maximum Gasteiger partial charge on any atom is 0.413 e. The molecular formula is C29H38N6O5S2. The third kappa shape index (κ3) is 7.53. The Bertz CT molecular complexity index is 1500. The second-order valence-corrected chi connectivity index (χ2v) is 13.7. The SMILES string of the molecule is COC(=O)Nc1nc(C)c(S(=O)(=O)N2CCN(C[C@H](C)N(C=O)c3cccc(-c4cccc(CN(C)C)c4)c3)CC2)s1. The topological polar surface area (TPSA) is 115 Å². The van der Waals surface area contributed by atoms with Gasteiger partial charge >= 0.3 is 6.09 Å². The van der Waals surface area contributed by atoms with E-state index in [9.17, 15) is 18.0 Å². The molecule has 1 fully saturated rings. The van der Waals surface area contributed by atoms with Crippen LogP contribution in [-0.4, -0.2) is 100.0 Å². The molecule has 13 heteroatoms. The Hall–Kier alpha value is -3.36. The molecule has 1 aliphatic rings. The molecule has 42 heavy (non-hydrogen) atoms. The predicted octanol–water partition coefficient (Wildman–Crippen LogP) is 3.72. The second kappa shape index (κ2) is 13.7. The van der Waals surface area contributed by atoms with Crippen LogP contribution in [0, 0.1) is 6.92 Å². The van der Waals surface area contributed by atoms with E-state index in [-0.39, 0.29) is 15.4 Å². The van der Waals surface area contributed by atoms with E-state index in [1.54, 1.807) is 11.8 Å². The lowest BCUT2D eigenvalue weighted by molar-refractivity contribution is -0.107. The van der Waals surface area contributed by atoms with Gasteiger partial charge in [-0.3, -0.25) is 15.0 Å². The molecule has 3 aromatic rings. The van der Waals surface area contributed by atoms with Crippen molar-refractivity contribution in [3.05, 3.63) is 59.8 Å². The maximum absolute atomic E-state index is 13.3. The highest BCUT2D eigenvalue weighted by atomic mass is 32.2. The van der Waals surface area contributed by atoms with Crippen molar-refractivity contribution in [2.24, 2.45) is 0 Å². The lowest BCUT2D eigenvalue weighted by Crippen LogP contribution is -2.52. The summed E-state index contributed by atoms with van der Waals surface area (Å²) in [6, 6.07) is 16.3. The van der Waals surface area contributed by atoms with Crippen molar-refractivity contribution in [1.29, 1.82) is 0 Å². The van der Waals surface area contributed by atoms with Crippen molar-refractivity contribution in [3.63, 3.8) is 0 Å². The molecule has 1 aliphatic heterocycles. The summed E-state index contributed by atoms with van der Waals surface area (Å²) in [4.78, 5) is 33.9. The van der Waals surface area contributed by atoms with Crippen LogP contribution in [0.4, 0.5) is 15.6 Å². The van der Waals surface area contributed by atoms with Gasteiger partial charge < -0.3 is 14.5 Å². The molecular weight excluding hydrogens is 576 g/mol. The van der Waals surface area contributed by atoms with Crippen LogP contribution in [0.3, 0.4) is 0 Å². The smallest absolute Gasteiger partial charge is 0.413 e. The summed E-state index contributed by atoms with van der Waals surface area (Å²) in [6.45, 7) is 6.73. The van der Waals surface area contributed by atoms with E-state index in [0.29, 0.717) is 38.4 Å². The first-order valence-corrected chi connectivity index (χ1v) is 15.9. The number of methoxy groups -OCH3 is 1. The number of nitrogens with zero attached hydrogens (tertiary/aromatic N) is 5. The van der Waals surface area contributed by atoms with E-state index in [4.69, 9.17) is 0 Å². The lowest BCUT2D eigenvalue weighted by Gasteiger charge is -2.37. The molecule has 0 saturated carbocycles. The van der Waals surface area contributed by atoms with Crippen LogP contribution in [0.15, 0.2) is 52.7 Å². The number of nitrogens with one attached hydrogen (secondary N) is 1. The highest BCUT2D eigenvalue weighted by molar-refractivity contribution is 7.91. The molecule has 1 saturated heterocycles. The van der Waals surface area contributed by atoms with E-state index >= 15 is 0 Å². The van der Waals surface area contributed by atoms with Crippen LogP contribution in [0.2, 0.25) is 0 Å². The predicted molar refractivity (Wildman–Crippen MR) is 165 cm³/mol. The molecule has 2 heterocycles. The van der Waals surface area contributed by atoms with Crippen molar-refractivity contribution in [1.82, 2.24) is 19.1 Å². The van der Waals surface area contributed by atoms with Crippen LogP contribution in [-0.2, 0) is 26.1 Å². The summed E-state index contributed by atoms with van der Waals surface area (Å²) in [6.07, 6.45) is 0.153. The van der Waals surface area contributed by atoms with Gasteiger partial charge in [-0.2, -0.15) is 4.31 Å². The minimum Gasteiger partial charge on any atom is -0.453 e. The number of carbonyl (C=O) groups excluding carboxylic acids is 2. The zero-order valence-corrected chi connectivity index (χ0v) is 26.2. The Morgan fingerprint density at radius 3 is 2.43 bits per heavy atom. The molecule has 0 aliphatic carbocycles. The van der Waals surface area contributed by atoms with Gasteiger partial charge in [0.1, 0.15) is 0 Å². The first-order valence-electron chi connectivity index (χ1n) is 13.6. The van der Waals surface area contributed by atoms with E-state index in [1.165, 1.54) is 17.0 Å². The van der Waals surface area contributed by atoms with Gasteiger partial charge in [-0.1, -0.05) is 41.7 Å². The first kappa shape index (κ1) is 31.6. The van der Waals surface area contributed by atoms with Gasteiger partial charge in [0.15, 0.2) is 9.34 Å². The average molecular weight is 615 g/mol. The van der Waals surface area contributed by atoms with Crippen LogP contribution in [0.25, 0.3) is 11.1 Å². The number of anilines is 2. The van der Waals surface area contributed by atoms with Crippen LogP contribution >= 0.6 is 11.3 Å². The fraction of sp³-hybridized carbons (Fsp3) is 0.414. The Morgan fingerprint density at radius 2 is 1.79 bits per heavy atom. The van der Waals surface area contributed by atoms with Gasteiger partial charge in [-0.25, -0.2) is 18.2 Å². The van der Waals surface area contributed by atoms with Crippen LogP contribution in [0.5, 0.6) is 0 Å². The monoisotopic (exact) mass is 614 g/mol. The van der Waals surface area contributed by atoms with Gasteiger partial charge in [0.25, 0.3) is 10.0 Å². The molecule has 0 bridgehead atoms. The third-order valence-corrected chi connectivity index (χ3v) is 10.6. The number of ether oxygens (including phenoxy) is 1. The number of amides is 2. The fourth-order valence-electron chi connectivity index (χ4n) is 5.02. The Morgan fingerprint density at radius 1 is 1.12 bits per heavy atom. The second-order valence-electron chi connectivity index (χ2n) is 10.6. The van der Waals surface area contributed by atoms with Gasteiger partial charge in [0.2, 0.25) is 6.41 Å². The number of hydrogen-bond acceptors (Lipinski definition) is 9. The highest BCUT2D eigenvalue weighted by Gasteiger charge is 2.33. The van der Waals surface area contributed by atoms with Crippen molar-refractivity contribution >= 4 is 44.7 Å². The molecule has 4 rings (SSSR count). The van der Waals surface area contributed by atoms with E-state index in [2.05, 4.69) is 49.1 Å². The van der Waals surface area contributed by atoms with Gasteiger partial charge in [0, 0.05) is 51.0 Å². The number of benzene rings is 2. The van der Waals surface area contributed by atoms with Crippen LogP contribution in [0.1, 0.15) is 18.2 Å². The van der Waals surface area contributed by atoms with E-state index < -0.39 is 16.1 Å². The number of aryl methyl sites for hydroxylation is 1. The molecule has 1 atom stereocenters. The van der Waals surface area contributed by atoms with Gasteiger partial charge in [-0.05, 0) is 62.8 Å². The number of piperazine rings is 1. The standard InChI is InChI=1S/C29H38N6O5S2/c1-21(35(20-36)26-11-7-10-25(17-26)24-9-6-8-23(16-24)19-32(3)4)18-33-12-14-34(15-13-33)42(38,39)27-22(2)30-28(41-27)31-29(37)40-5/h6-11,16-17,20-21H,12-15,18-19H2,1-5H3,(H,30,31,37)/t21-/m0/s1. The highest BCUT2D eigenvalue weighted by Crippen LogP contribution is 2.31. The fourth-order valence-corrected chi connectivity index (χ4v) is 7.98. The number of hydrogen-bond donors (Lipinski definition) is 1. The largest absolute Gasteiger partial charge is 0.453 e. The van der Waals surface area contributed by atoms with Crippen molar-refractivity contribution in [3.8, 4) is 11.1 Å². The quantitative estimate of drug-likeness (QED) is 0.325. The summed E-state index contributed by atoms with van der Waals surface area (Å²) in [5.74, 6) is 0. The molecule has 2 aromatic carbocycles. The minimum absolute atomic E-state index is 0.106. The molecule has 11 nitrogen and oxygen atoms in total. The molecule has 1 aromatic heterocycles. The summed E-state index contributed by atoms with van der Waals surface area (Å²) >= 11 is 0.908. The number of rotatable bonds is 11. The maximum atomic E-state index is 13.3. The van der Waals surface area contributed by atoms with Crippen molar-refractivity contribution < 1.29 is 22.7 Å². The molecule has 0 radical (unpaired) electrons. The number of carbonyl (C=O) groups is 2. The Labute approximate surface area is 251 Å². The number of thiazole rings is 1. The molecule has 226 valence electrons. The number of aromatic nitrogens is 1. The molecule has 2 amide bonds. The third-order valence-electron chi connectivity index (χ3n) is 7.07. The van der Waals surface area contributed by atoms with E-state index in [1.807, 2.05) is 45.3 Å². The molecule has 1 N–H and O–H groups in total. The summed E-state index contributed by atoms with van der Waals surface area (Å²) in [5.41, 5.74) is 4.49. The number of sulfonamides is 1. The van der Waals surface area contributed by atoms with Crippen LogP contribution < -0.4 is 10.2 Å². The van der Waals surface area contributed by atoms with Gasteiger partial charge in [0.05, 0.1) is 12.8 Å². The lowest BCUT2D eigenvalue weighted by atomic mass is 10.0. The summed E-state index contributed by atoms with van der Waals surface area (Å²) in [5, 5.41) is 2.60. The normalized spacial score (nSPS) is 15.4. The van der Waals surface area contributed by atoms with E-state index in [0.717, 1.165) is 41.1 Å². The first-order chi connectivity index (χ1) is 20.0. The van der Waals surface area contributed by atoms with Gasteiger partial charge in [-0.15, -0.1) is 0 Å². The summed E-state index contributed by atoms with van der Waals surface area (Å²) in [7, 11) is 1.54. The molecule has 0 unspecified atom stereocenters. The zero-order valence-electron chi connectivity index (χ0n) is 24.6. The Kier molecular flexibility index (Phi) is 10.3. The summed E-state index contributed by atoms with van der Waals surface area (Å²) < 4.78 is 32.8. The minimum atomic E-state index is -3.77. The van der Waals surface area contributed by atoms with Crippen molar-refractivity contribution in [2.45, 2.75) is 30.6 Å². The zero-order chi connectivity index (χ0) is 30.4.